The molecule has 1 aromatic carbocycles. The molecule has 23 heavy (non-hydrogen) atoms. The number of carbonyl (C=O) groups excluding carboxylic acids is 1. The second-order valence-corrected chi connectivity index (χ2v) is 6.47. The first-order chi connectivity index (χ1) is 11.0. The molecule has 122 valence electrons. The number of carbonyl (C=O) groups is 2. The quantitative estimate of drug-likeness (QED) is 0.815. The predicted molar refractivity (Wildman–Crippen MR) is 89.6 cm³/mol. The molecule has 0 spiro atoms. The number of aromatic nitrogens is 1. The maximum absolute atomic E-state index is 12.4. The topological polar surface area (TPSA) is 79.3 Å². The van der Waals surface area contributed by atoms with Gasteiger partial charge in [-0.1, -0.05) is 37.3 Å². The van der Waals surface area contributed by atoms with E-state index in [1.807, 2.05) is 30.3 Å². The van der Waals surface area contributed by atoms with E-state index in [0.717, 1.165) is 23.4 Å². The van der Waals surface area contributed by atoms with Crippen molar-refractivity contribution < 1.29 is 14.7 Å². The molecule has 0 radical (unpaired) electrons. The normalized spacial score (nSPS) is 13.3. The Labute approximate surface area is 139 Å². The molecule has 6 heteroatoms. The molecular weight excluding hydrogens is 312 g/mol. The highest BCUT2D eigenvalue weighted by Gasteiger charge is 2.27. The molecule has 5 nitrogen and oxygen atoms in total. The molecule has 2 unspecified atom stereocenters. The van der Waals surface area contributed by atoms with Crippen molar-refractivity contribution in [3.63, 3.8) is 0 Å². The van der Waals surface area contributed by atoms with Crippen LogP contribution in [0.1, 0.15) is 46.6 Å². The number of hydrogen-bond acceptors (Lipinski definition) is 4. The Hall–Kier alpha value is -2.21. The van der Waals surface area contributed by atoms with Crippen LogP contribution in [-0.4, -0.2) is 22.0 Å². The van der Waals surface area contributed by atoms with Crippen molar-refractivity contribution in [3.8, 4) is 0 Å². The number of hydrogen-bond donors (Lipinski definition) is 2. The Morgan fingerprint density at radius 2 is 2.00 bits per heavy atom. The molecule has 1 aromatic heterocycles. The van der Waals surface area contributed by atoms with E-state index in [1.54, 1.807) is 13.1 Å². The Morgan fingerprint density at radius 1 is 1.30 bits per heavy atom. The number of aryl methyl sites for hydroxylation is 1. The summed E-state index contributed by atoms with van der Waals surface area (Å²) in [6.45, 7) is 3.65. The summed E-state index contributed by atoms with van der Waals surface area (Å²) in [5, 5.41) is 13.1. The summed E-state index contributed by atoms with van der Waals surface area (Å²) in [7, 11) is 0. The van der Waals surface area contributed by atoms with Gasteiger partial charge >= 0.3 is 5.97 Å². The lowest BCUT2D eigenvalue weighted by Crippen LogP contribution is -2.35. The minimum absolute atomic E-state index is 0.285. The molecule has 0 fully saturated rings. The molecule has 1 heterocycles. The van der Waals surface area contributed by atoms with Crippen molar-refractivity contribution in [1.82, 2.24) is 10.3 Å². The zero-order chi connectivity index (χ0) is 16.8. The number of nitrogens with zero attached hydrogens (tertiary/aromatic N) is 1. The van der Waals surface area contributed by atoms with Gasteiger partial charge in [-0.15, -0.1) is 11.3 Å². The van der Waals surface area contributed by atoms with E-state index < -0.39 is 17.9 Å². The molecule has 0 saturated heterocycles. The van der Waals surface area contributed by atoms with Crippen molar-refractivity contribution in [3.05, 3.63) is 52.0 Å². The van der Waals surface area contributed by atoms with Crippen LogP contribution in [0.5, 0.6) is 0 Å². The number of thiazole rings is 1. The Bertz CT molecular complexity index is 669. The van der Waals surface area contributed by atoms with Gasteiger partial charge in [-0.25, -0.2) is 4.98 Å². The zero-order valence-electron chi connectivity index (χ0n) is 13.2. The van der Waals surface area contributed by atoms with E-state index in [2.05, 4.69) is 17.2 Å². The van der Waals surface area contributed by atoms with Crippen LogP contribution in [0.15, 0.2) is 36.5 Å². The Balaban J connectivity index is 2.19. The third-order valence-electron chi connectivity index (χ3n) is 3.58. The summed E-state index contributed by atoms with van der Waals surface area (Å²) in [6.07, 6.45) is 3.36. The highest BCUT2D eigenvalue weighted by Crippen LogP contribution is 2.24. The van der Waals surface area contributed by atoms with Gasteiger partial charge in [-0.05, 0) is 25.3 Å². The van der Waals surface area contributed by atoms with Crippen LogP contribution >= 0.6 is 11.3 Å². The van der Waals surface area contributed by atoms with E-state index in [-0.39, 0.29) is 5.91 Å². The summed E-state index contributed by atoms with van der Waals surface area (Å²) in [5.41, 5.74) is 0.772. The lowest BCUT2D eigenvalue weighted by molar-refractivity contribution is -0.142. The molecule has 1 amide bonds. The maximum Gasteiger partial charge on any atom is 0.308 e. The van der Waals surface area contributed by atoms with Crippen LogP contribution in [0.3, 0.4) is 0 Å². The van der Waals surface area contributed by atoms with Gasteiger partial charge in [0.2, 0.25) is 0 Å². The average molecular weight is 332 g/mol. The number of carboxylic acids is 1. The van der Waals surface area contributed by atoms with Crippen LogP contribution in [0.2, 0.25) is 0 Å². The van der Waals surface area contributed by atoms with E-state index in [0.29, 0.717) is 4.88 Å². The van der Waals surface area contributed by atoms with E-state index in [4.69, 9.17) is 0 Å². The summed E-state index contributed by atoms with van der Waals surface area (Å²) in [4.78, 5) is 28.5. The standard InChI is InChI=1S/C17H20N2O3S/c1-3-7-14-18-10-13(23-14)16(20)19-15(11(2)17(21)22)12-8-5-4-6-9-12/h4-6,8-11,15H,3,7H2,1-2H3,(H,19,20)(H,21,22). The summed E-state index contributed by atoms with van der Waals surface area (Å²) < 4.78 is 0. The van der Waals surface area contributed by atoms with Gasteiger partial charge < -0.3 is 10.4 Å². The molecule has 2 rings (SSSR count). The van der Waals surface area contributed by atoms with Crippen molar-refractivity contribution >= 4 is 23.2 Å². The Kier molecular flexibility index (Phi) is 5.87. The van der Waals surface area contributed by atoms with Gasteiger partial charge in [0.15, 0.2) is 0 Å². The van der Waals surface area contributed by atoms with Crippen molar-refractivity contribution in [2.45, 2.75) is 32.7 Å². The van der Waals surface area contributed by atoms with Gasteiger partial charge in [0.05, 0.1) is 23.2 Å². The van der Waals surface area contributed by atoms with E-state index in [1.165, 1.54) is 11.3 Å². The van der Waals surface area contributed by atoms with Gasteiger partial charge in [0, 0.05) is 0 Å². The van der Waals surface area contributed by atoms with E-state index >= 15 is 0 Å². The molecule has 0 aliphatic heterocycles. The highest BCUT2D eigenvalue weighted by molar-refractivity contribution is 7.13. The number of aliphatic carboxylic acids is 1. The first kappa shape index (κ1) is 17.1. The third kappa shape index (κ3) is 4.39. The first-order valence-corrected chi connectivity index (χ1v) is 8.38. The molecular formula is C17H20N2O3S. The van der Waals surface area contributed by atoms with Gasteiger partial charge in [0.1, 0.15) is 4.88 Å². The summed E-state index contributed by atoms with van der Waals surface area (Å²) in [5.74, 6) is -1.97. The monoisotopic (exact) mass is 332 g/mol. The van der Waals surface area contributed by atoms with Gasteiger partial charge in [0.25, 0.3) is 5.91 Å². The van der Waals surface area contributed by atoms with E-state index in [9.17, 15) is 14.7 Å². The number of rotatable bonds is 7. The number of carboxylic acid groups (broad SMARTS) is 1. The number of amides is 1. The molecule has 0 saturated carbocycles. The second kappa shape index (κ2) is 7.87. The molecule has 0 aliphatic rings. The Morgan fingerprint density at radius 3 is 2.61 bits per heavy atom. The molecule has 2 N–H and O–H groups in total. The van der Waals surface area contributed by atoms with Crippen LogP contribution < -0.4 is 5.32 Å². The van der Waals surface area contributed by atoms with Crippen molar-refractivity contribution in [2.24, 2.45) is 5.92 Å². The smallest absolute Gasteiger partial charge is 0.308 e. The minimum atomic E-state index is -0.949. The van der Waals surface area contributed by atoms with Gasteiger partial charge in [-0.3, -0.25) is 9.59 Å². The molecule has 2 atom stereocenters. The third-order valence-corrected chi connectivity index (χ3v) is 4.63. The zero-order valence-corrected chi connectivity index (χ0v) is 14.0. The van der Waals surface area contributed by atoms with Crippen molar-refractivity contribution in [1.29, 1.82) is 0 Å². The van der Waals surface area contributed by atoms with Gasteiger partial charge in [-0.2, -0.15) is 0 Å². The highest BCUT2D eigenvalue weighted by atomic mass is 32.1. The fourth-order valence-electron chi connectivity index (χ4n) is 2.26. The minimum Gasteiger partial charge on any atom is -0.481 e. The molecule has 2 aromatic rings. The van der Waals surface area contributed by atoms with Crippen molar-refractivity contribution in [2.75, 3.05) is 0 Å². The lowest BCUT2D eigenvalue weighted by atomic mass is 9.94. The predicted octanol–water partition coefficient (Wildman–Crippen LogP) is 3.29. The maximum atomic E-state index is 12.4. The van der Waals surface area contributed by atoms with Crippen LogP contribution in [0.25, 0.3) is 0 Å². The second-order valence-electron chi connectivity index (χ2n) is 5.36. The fourth-order valence-corrected chi connectivity index (χ4v) is 3.18. The largest absolute Gasteiger partial charge is 0.481 e. The molecule has 0 bridgehead atoms. The van der Waals surface area contributed by atoms with Crippen LogP contribution in [-0.2, 0) is 11.2 Å². The van der Waals surface area contributed by atoms with Crippen LogP contribution in [0.4, 0.5) is 0 Å². The molecule has 0 aliphatic carbocycles. The SMILES string of the molecule is CCCc1ncc(C(=O)NC(c2ccccc2)C(C)C(=O)O)s1. The van der Waals surface area contributed by atoms with Crippen LogP contribution in [0, 0.1) is 5.92 Å². The average Bonchev–Trinajstić information content (AvgIpc) is 3.01. The number of benzene rings is 1. The first-order valence-electron chi connectivity index (χ1n) is 7.56. The lowest BCUT2D eigenvalue weighted by Gasteiger charge is -2.22. The summed E-state index contributed by atoms with van der Waals surface area (Å²) >= 11 is 1.35. The number of nitrogens with one attached hydrogen (secondary N) is 1. The summed E-state index contributed by atoms with van der Waals surface area (Å²) in [6, 6.07) is 8.56. The fraction of sp³-hybridized carbons (Fsp3) is 0.353.